The minimum Gasteiger partial charge on any atom is -0.495 e. The van der Waals surface area contributed by atoms with Crippen molar-refractivity contribution in [2.24, 2.45) is 0 Å². The monoisotopic (exact) mass is 768 g/mol. The molecule has 12 heteroatoms. The number of methoxy groups -OCH3 is 4. The maximum atomic E-state index is 6.23. The highest BCUT2D eigenvalue weighted by Crippen LogP contribution is 2.51. The van der Waals surface area contributed by atoms with Gasteiger partial charge in [-0.15, -0.1) is 45.3 Å². The molecule has 0 saturated heterocycles. The van der Waals surface area contributed by atoms with E-state index in [0.29, 0.717) is 26.4 Å². The highest BCUT2D eigenvalue weighted by atomic mass is 32.1. The summed E-state index contributed by atoms with van der Waals surface area (Å²) >= 11 is 6.59. The third-order valence-electron chi connectivity index (χ3n) is 8.92. The summed E-state index contributed by atoms with van der Waals surface area (Å²) in [7, 11) is 6.86. The van der Waals surface area contributed by atoms with Crippen LogP contribution in [0, 0.1) is 0 Å². The molecular formula is C40H32O8S4. The minimum absolute atomic E-state index is 0.410. The molecule has 14 heterocycles. The SMILES string of the molecule is COc1c2cc3sc2c(OC)c2cc(sc12)COc1ccc(cc1)OCc1cc2c(OC)c4sc(cc4c(OC)c2s1)COc1ccc(cc1)OC3. The van der Waals surface area contributed by atoms with E-state index in [2.05, 4.69) is 24.3 Å². The average Bonchev–Trinajstić information content (AvgIpc) is 3.98. The quantitative estimate of drug-likeness (QED) is 0.175. The fourth-order valence-corrected chi connectivity index (χ4v) is 11.0. The van der Waals surface area contributed by atoms with Crippen LogP contribution in [-0.2, 0) is 26.4 Å². The predicted octanol–water partition coefficient (Wildman–Crippen LogP) is 11.2. The summed E-state index contributed by atoms with van der Waals surface area (Å²) in [5.74, 6) is 6.33. The molecular weight excluding hydrogens is 737 g/mol. The average molecular weight is 769 g/mol. The topological polar surface area (TPSA) is 73.8 Å². The van der Waals surface area contributed by atoms with E-state index in [1.807, 2.05) is 48.5 Å². The van der Waals surface area contributed by atoms with Crippen LogP contribution in [0.2, 0.25) is 0 Å². The first kappa shape index (κ1) is 33.0. The minimum atomic E-state index is 0.410. The van der Waals surface area contributed by atoms with Gasteiger partial charge in [-0.05, 0) is 72.8 Å². The molecule has 0 fully saturated rings. The van der Waals surface area contributed by atoms with Crippen molar-refractivity contribution in [2.75, 3.05) is 28.4 Å². The lowest BCUT2D eigenvalue weighted by atomic mass is 10.1. The summed E-state index contributed by atoms with van der Waals surface area (Å²) in [5, 5.41) is 4.01. The Labute approximate surface area is 315 Å². The van der Waals surface area contributed by atoms with Crippen LogP contribution in [0.15, 0.2) is 72.8 Å². The first-order valence-corrected chi connectivity index (χ1v) is 19.7. The van der Waals surface area contributed by atoms with Crippen molar-refractivity contribution >= 4 is 85.7 Å². The van der Waals surface area contributed by atoms with E-state index >= 15 is 0 Å². The van der Waals surface area contributed by atoms with Gasteiger partial charge in [0.15, 0.2) is 0 Å². The summed E-state index contributed by atoms with van der Waals surface area (Å²) in [6.45, 7) is 1.64. The van der Waals surface area contributed by atoms with Crippen LogP contribution in [0.3, 0.4) is 0 Å². The molecule has 0 radical (unpaired) electrons. The van der Waals surface area contributed by atoms with Gasteiger partial charge < -0.3 is 37.9 Å². The Bertz CT molecular complexity index is 2110. The van der Waals surface area contributed by atoms with Crippen molar-refractivity contribution in [1.29, 1.82) is 0 Å². The first-order valence-electron chi connectivity index (χ1n) is 16.4. The van der Waals surface area contributed by atoms with E-state index in [9.17, 15) is 0 Å². The molecule has 0 amide bonds. The predicted molar refractivity (Wildman–Crippen MR) is 211 cm³/mol. The lowest BCUT2D eigenvalue weighted by Gasteiger charge is -2.08. The maximum absolute atomic E-state index is 6.23. The third kappa shape index (κ3) is 5.79. The largest absolute Gasteiger partial charge is 0.495 e. The van der Waals surface area contributed by atoms with Crippen molar-refractivity contribution in [2.45, 2.75) is 26.4 Å². The molecule has 0 spiro atoms. The molecule has 10 aliphatic heterocycles. The molecule has 0 saturated carbocycles. The second-order valence-electron chi connectivity index (χ2n) is 12.1. The molecule has 264 valence electrons. The zero-order chi connectivity index (χ0) is 35.3. The molecule has 0 aliphatic carbocycles. The van der Waals surface area contributed by atoms with Gasteiger partial charge in [0.25, 0.3) is 0 Å². The number of ether oxygens (including phenoxy) is 8. The summed E-state index contributed by atoms with van der Waals surface area (Å²) in [4.78, 5) is 4.25. The summed E-state index contributed by atoms with van der Waals surface area (Å²) in [6.07, 6.45) is 0. The van der Waals surface area contributed by atoms with Crippen LogP contribution in [0.4, 0.5) is 0 Å². The number of benzene rings is 4. The van der Waals surface area contributed by atoms with Gasteiger partial charge in [-0.3, -0.25) is 0 Å². The third-order valence-corrected chi connectivity index (χ3v) is 13.4. The lowest BCUT2D eigenvalue weighted by Crippen LogP contribution is -1.95. The fourth-order valence-electron chi connectivity index (χ4n) is 6.58. The van der Waals surface area contributed by atoms with E-state index in [-0.39, 0.29) is 0 Å². The van der Waals surface area contributed by atoms with Gasteiger partial charge in [0.05, 0.1) is 47.2 Å². The normalized spacial score (nSPS) is 13.3. The van der Waals surface area contributed by atoms with Crippen LogP contribution in [0.25, 0.3) is 40.3 Å². The molecule has 8 nitrogen and oxygen atoms in total. The molecule has 0 N–H and O–H groups in total. The van der Waals surface area contributed by atoms with Crippen LogP contribution < -0.4 is 37.9 Å². The summed E-state index contributed by atoms with van der Waals surface area (Å²) in [6, 6.07) is 24.0. The van der Waals surface area contributed by atoms with Crippen molar-refractivity contribution < 1.29 is 37.9 Å². The van der Waals surface area contributed by atoms with E-state index in [1.165, 1.54) is 0 Å². The summed E-state index contributed by atoms with van der Waals surface area (Å²) < 4.78 is 53.0. The fraction of sp³-hybridized carbons (Fsp3) is 0.200. The Morgan fingerprint density at radius 3 is 0.769 bits per heavy atom. The molecule has 4 aromatic heterocycles. The Morgan fingerprint density at radius 1 is 0.365 bits per heavy atom. The van der Waals surface area contributed by atoms with Crippen molar-refractivity contribution in [3.63, 3.8) is 0 Å². The number of thiophene rings is 4. The smallest absolute Gasteiger partial charge is 0.145 e. The first-order chi connectivity index (χ1) is 25.5. The molecule has 4 aromatic carbocycles. The maximum Gasteiger partial charge on any atom is 0.145 e. The Hall–Kier alpha value is -4.88. The van der Waals surface area contributed by atoms with E-state index < -0.39 is 0 Å². The van der Waals surface area contributed by atoms with Crippen molar-refractivity contribution in [1.82, 2.24) is 0 Å². The number of hydrogen-bond acceptors (Lipinski definition) is 12. The molecule has 52 heavy (non-hydrogen) atoms. The van der Waals surface area contributed by atoms with Gasteiger partial charge in [0.1, 0.15) is 72.4 Å². The highest BCUT2D eigenvalue weighted by molar-refractivity contribution is 7.22. The zero-order valence-electron chi connectivity index (χ0n) is 28.7. The van der Waals surface area contributed by atoms with Gasteiger partial charge in [-0.1, -0.05) is 0 Å². The lowest BCUT2D eigenvalue weighted by molar-refractivity contribution is 0.301. The van der Waals surface area contributed by atoms with Crippen LogP contribution in [-0.4, -0.2) is 28.4 Å². The summed E-state index contributed by atoms with van der Waals surface area (Å²) in [5.41, 5.74) is 0. The second kappa shape index (κ2) is 13.6. The molecule has 8 aromatic rings. The second-order valence-corrected chi connectivity index (χ2v) is 16.6. The Morgan fingerprint density at radius 2 is 0.577 bits per heavy atom. The Balaban J connectivity index is 1.08. The van der Waals surface area contributed by atoms with Crippen LogP contribution in [0.5, 0.6) is 46.0 Å². The van der Waals surface area contributed by atoms with Gasteiger partial charge in [0.2, 0.25) is 0 Å². The number of hydrogen-bond donors (Lipinski definition) is 0. The molecule has 10 aliphatic rings. The standard InChI is InChI=1S/C40H32O8S4/c1-41-33-29-13-25-17-45-21-5-9-23(10-6-21)47-19-27-15-31-35(43-3)40-32(36(44-4)39(31)51-27)16-28(52-40)20-48-24-11-7-22(8-12-24)46-18-26-14-30(37(33)49-26)34(42-2)38(29)50-25/h5-16H,17-20H2,1-4H3. The van der Waals surface area contributed by atoms with Crippen LogP contribution >= 0.6 is 45.3 Å². The van der Waals surface area contributed by atoms with Gasteiger partial charge in [-0.2, -0.15) is 0 Å². The van der Waals surface area contributed by atoms with Gasteiger partial charge in [-0.25, -0.2) is 0 Å². The molecule has 18 rings (SSSR count). The van der Waals surface area contributed by atoms with E-state index in [4.69, 9.17) is 37.9 Å². The van der Waals surface area contributed by atoms with Crippen molar-refractivity contribution in [3.8, 4) is 46.0 Å². The van der Waals surface area contributed by atoms with Crippen LogP contribution in [0.1, 0.15) is 19.5 Å². The molecule has 0 atom stereocenters. The van der Waals surface area contributed by atoms with Crippen molar-refractivity contribution in [3.05, 3.63) is 92.3 Å². The zero-order valence-corrected chi connectivity index (χ0v) is 31.9. The Kier molecular flexibility index (Phi) is 8.62. The van der Waals surface area contributed by atoms with E-state index in [1.54, 1.807) is 73.8 Å². The highest BCUT2D eigenvalue weighted by Gasteiger charge is 2.23. The van der Waals surface area contributed by atoms with Gasteiger partial charge in [0, 0.05) is 41.1 Å². The van der Waals surface area contributed by atoms with E-state index in [0.717, 1.165) is 106 Å². The molecule has 16 bridgehead atoms. The van der Waals surface area contributed by atoms with Gasteiger partial charge >= 0.3 is 0 Å². The number of rotatable bonds is 4. The molecule has 0 unspecified atom stereocenters.